The number of hydrogen-bond donors (Lipinski definition) is 0. The first-order chi connectivity index (χ1) is 12.1. The lowest BCUT2D eigenvalue weighted by molar-refractivity contribution is 0.0725. The van der Waals surface area contributed by atoms with Crippen molar-refractivity contribution in [2.45, 2.75) is 45.1 Å². The lowest BCUT2D eigenvalue weighted by Crippen LogP contribution is -2.35. The van der Waals surface area contributed by atoms with E-state index in [1.54, 1.807) is 6.20 Å². The number of pyridine rings is 1. The highest BCUT2D eigenvalue weighted by molar-refractivity contribution is 5.54. The van der Waals surface area contributed by atoms with E-state index >= 15 is 0 Å². The van der Waals surface area contributed by atoms with Gasteiger partial charge in [-0.3, -0.25) is 4.98 Å². The number of nitrogens with zero attached hydrogens (tertiary/aromatic N) is 3. The van der Waals surface area contributed by atoms with Crippen molar-refractivity contribution in [2.24, 2.45) is 0 Å². The molecule has 1 aromatic carbocycles. The van der Waals surface area contributed by atoms with E-state index < -0.39 is 0 Å². The van der Waals surface area contributed by atoms with Crippen molar-refractivity contribution < 1.29 is 9.26 Å². The van der Waals surface area contributed by atoms with Crippen molar-refractivity contribution in [1.82, 2.24) is 15.1 Å². The summed E-state index contributed by atoms with van der Waals surface area (Å²) in [4.78, 5) is 9.12. The normalized spacial score (nSPS) is 18.4. The summed E-state index contributed by atoms with van der Waals surface area (Å²) in [5, 5.41) is 4.20. The molecule has 128 valence electrons. The van der Waals surface area contributed by atoms with E-state index in [0.29, 0.717) is 11.7 Å². The summed E-state index contributed by atoms with van der Waals surface area (Å²) in [6.07, 6.45) is 3.42. The van der Waals surface area contributed by atoms with E-state index in [-0.39, 0.29) is 11.5 Å². The molecular formula is C20H21N3O2. The monoisotopic (exact) mass is 335 g/mol. The Kier molecular flexibility index (Phi) is 3.79. The Morgan fingerprint density at radius 3 is 2.84 bits per heavy atom. The van der Waals surface area contributed by atoms with Gasteiger partial charge in [-0.15, -0.1) is 0 Å². The first-order valence-electron chi connectivity index (χ1n) is 8.63. The van der Waals surface area contributed by atoms with E-state index in [1.807, 2.05) is 30.3 Å². The standard InChI is InChI=1S/C20H21N3O2/c1-4-13-8-7-11-21-17(13)18-22-19(25-23-18)15-12-20(2,3)24-16-10-6-5-9-14(15)16/h5-11,15H,4,12H2,1-3H3. The molecule has 4 rings (SSSR count). The molecule has 25 heavy (non-hydrogen) atoms. The van der Waals surface area contributed by atoms with Crippen molar-refractivity contribution in [3.8, 4) is 17.3 Å². The molecule has 0 amide bonds. The number of para-hydroxylation sites is 1. The van der Waals surface area contributed by atoms with Crippen molar-refractivity contribution >= 4 is 0 Å². The average Bonchev–Trinajstić information content (AvgIpc) is 3.10. The molecule has 0 fully saturated rings. The molecule has 2 aromatic heterocycles. The summed E-state index contributed by atoms with van der Waals surface area (Å²) >= 11 is 0. The minimum Gasteiger partial charge on any atom is -0.488 e. The Labute approximate surface area is 147 Å². The van der Waals surface area contributed by atoms with Crippen LogP contribution in [-0.4, -0.2) is 20.7 Å². The summed E-state index contributed by atoms with van der Waals surface area (Å²) in [7, 11) is 0. The third-order valence-corrected chi connectivity index (χ3v) is 4.60. The summed E-state index contributed by atoms with van der Waals surface area (Å²) < 4.78 is 11.7. The van der Waals surface area contributed by atoms with E-state index in [0.717, 1.165) is 35.4 Å². The second kappa shape index (κ2) is 5.99. The fourth-order valence-corrected chi connectivity index (χ4v) is 3.42. The largest absolute Gasteiger partial charge is 0.488 e. The van der Waals surface area contributed by atoms with Gasteiger partial charge in [0.25, 0.3) is 0 Å². The highest BCUT2D eigenvalue weighted by Crippen LogP contribution is 2.43. The van der Waals surface area contributed by atoms with Crippen molar-refractivity contribution in [2.75, 3.05) is 0 Å². The summed E-state index contributed by atoms with van der Waals surface area (Å²) in [5.74, 6) is 2.08. The molecule has 1 aliphatic heterocycles. The van der Waals surface area contributed by atoms with Gasteiger partial charge in [0.15, 0.2) is 0 Å². The Bertz CT molecular complexity index is 901. The number of benzene rings is 1. The Hall–Kier alpha value is -2.69. The van der Waals surface area contributed by atoms with Crippen LogP contribution in [0.5, 0.6) is 5.75 Å². The van der Waals surface area contributed by atoms with Crippen LogP contribution in [0.2, 0.25) is 0 Å². The topological polar surface area (TPSA) is 61.0 Å². The van der Waals surface area contributed by atoms with Gasteiger partial charge >= 0.3 is 0 Å². The molecule has 0 saturated carbocycles. The van der Waals surface area contributed by atoms with Gasteiger partial charge in [-0.25, -0.2) is 0 Å². The minimum atomic E-state index is -0.284. The van der Waals surface area contributed by atoms with Gasteiger partial charge in [-0.1, -0.05) is 36.3 Å². The number of hydrogen-bond acceptors (Lipinski definition) is 5. The molecule has 3 heterocycles. The zero-order valence-corrected chi connectivity index (χ0v) is 14.7. The Morgan fingerprint density at radius 2 is 2.00 bits per heavy atom. The van der Waals surface area contributed by atoms with Gasteiger partial charge in [-0.2, -0.15) is 4.98 Å². The van der Waals surface area contributed by atoms with Crippen LogP contribution in [0, 0.1) is 0 Å². The molecule has 0 bridgehead atoms. The predicted molar refractivity (Wildman–Crippen MR) is 94.5 cm³/mol. The lowest BCUT2D eigenvalue weighted by Gasteiger charge is -2.36. The summed E-state index contributed by atoms with van der Waals surface area (Å²) in [5.41, 5.74) is 2.71. The number of aromatic nitrogens is 3. The zero-order valence-electron chi connectivity index (χ0n) is 14.7. The molecule has 0 spiro atoms. The van der Waals surface area contributed by atoms with Gasteiger partial charge < -0.3 is 9.26 Å². The molecule has 3 aromatic rings. The Balaban J connectivity index is 1.75. The quantitative estimate of drug-likeness (QED) is 0.710. The van der Waals surface area contributed by atoms with Crippen LogP contribution >= 0.6 is 0 Å². The molecule has 5 heteroatoms. The van der Waals surface area contributed by atoms with Crippen molar-refractivity contribution in [1.29, 1.82) is 0 Å². The maximum atomic E-state index is 6.10. The molecule has 0 N–H and O–H groups in total. The summed E-state index contributed by atoms with van der Waals surface area (Å²) in [6.45, 7) is 6.26. The lowest BCUT2D eigenvalue weighted by atomic mass is 9.84. The average molecular weight is 335 g/mol. The van der Waals surface area contributed by atoms with Crippen molar-refractivity contribution in [3.63, 3.8) is 0 Å². The molecule has 0 saturated heterocycles. The first kappa shape index (κ1) is 15.8. The number of ether oxygens (including phenoxy) is 1. The third-order valence-electron chi connectivity index (χ3n) is 4.60. The van der Waals surface area contributed by atoms with E-state index in [1.165, 1.54) is 0 Å². The van der Waals surface area contributed by atoms with E-state index in [9.17, 15) is 0 Å². The van der Waals surface area contributed by atoms with Crippen LogP contribution in [0.25, 0.3) is 11.5 Å². The fraction of sp³-hybridized carbons (Fsp3) is 0.350. The maximum absolute atomic E-state index is 6.10. The van der Waals surface area contributed by atoms with Crippen LogP contribution in [0.3, 0.4) is 0 Å². The summed E-state index contributed by atoms with van der Waals surface area (Å²) in [6, 6.07) is 12.0. The molecule has 0 radical (unpaired) electrons. The zero-order chi connectivity index (χ0) is 17.4. The molecular weight excluding hydrogens is 314 g/mol. The highest BCUT2D eigenvalue weighted by atomic mass is 16.5. The molecule has 1 atom stereocenters. The molecule has 0 aliphatic carbocycles. The number of rotatable bonds is 3. The van der Waals surface area contributed by atoms with Gasteiger partial charge in [0.1, 0.15) is 17.0 Å². The third kappa shape index (κ3) is 2.90. The van der Waals surface area contributed by atoms with Gasteiger partial charge in [0.05, 0.1) is 5.92 Å². The van der Waals surface area contributed by atoms with Crippen LogP contribution < -0.4 is 4.74 Å². The number of fused-ring (bicyclic) bond motifs is 1. The van der Waals surface area contributed by atoms with Crippen LogP contribution in [0.15, 0.2) is 47.1 Å². The first-order valence-corrected chi connectivity index (χ1v) is 8.63. The Morgan fingerprint density at radius 1 is 1.16 bits per heavy atom. The fourth-order valence-electron chi connectivity index (χ4n) is 3.42. The molecule has 5 nitrogen and oxygen atoms in total. The SMILES string of the molecule is CCc1cccnc1-c1noc(C2CC(C)(C)Oc3ccccc32)n1. The van der Waals surface area contributed by atoms with Crippen LogP contribution in [0.4, 0.5) is 0 Å². The highest BCUT2D eigenvalue weighted by Gasteiger charge is 2.37. The molecule has 1 aliphatic rings. The number of aryl methyl sites for hydroxylation is 1. The van der Waals surface area contributed by atoms with Gasteiger partial charge in [0, 0.05) is 18.2 Å². The van der Waals surface area contributed by atoms with Crippen LogP contribution in [0.1, 0.15) is 50.1 Å². The van der Waals surface area contributed by atoms with Crippen LogP contribution in [-0.2, 0) is 6.42 Å². The smallest absolute Gasteiger partial charge is 0.234 e. The van der Waals surface area contributed by atoms with E-state index in [4.69, 9.17) is 9.26 Å². The van der Waals surface area contributed by atoms with E-state index in [2.05, 4.69) is 42.0 Å². The maximum Gasteiger partial charge on any atom is 0.234 e. The van der Waals surface area contributed by atoms with Gasteiger partial charge in [-0.05, 0) is 38.0 Å². The van der Waals surface area contributed by atoms with Crippen molar-refractivity contribution in [3.05, 3.63) is 59.6 Å². The second-order valence-corrected chi connectivity index (χ2v) is 6.98. The predicted octanol–water partition coefficient (Wildman–Crippen LogP) is 4.39. The minimum absolute atomic E-state index is 0.0231. The molecule has 1 unspecified atom stereocenters. The second-order valence-electron chi connectivity index (χ2n) is 6.98. The van der Waals surface area contributed by atoms with Gasteiger partial charge in [0.2, 0.25) is 11.7 Å².